The number of aliphatic hydroxyl groups is 1. The Morgan fingerprint density at radius 2 is 1.95 bits per heavy atom. The molecule has 2 heterocycles. The van der Waals surface area contributed by atoms with Crippen LogP contribution in [0.15, 0.2) is 0 Å². The summed E-state index contributed by atoms with van der Waals surface area (Å²) >= 11 is 0. The first-order valence-electron chi connectivity index (χ1n) is 7.77. The predicted molar refractivity (Wildman–Crippen MR) is 74.3 cm³/mol. The Labute approximate surface area is 115 Å². The van der Waals surface area contributed by atoms with Crippen LogP contribution in [0.25, 0.3) is 0 Å². The molecule has 0 bridgehead atoms. The topological polar surface area (TPSA) is 48.0 Å². The number of morpholine rings is 1. The molecule has 0 aromatic carbocycles. The maximum absolute atomic E-state index is 10.1. The number of β-amino-alcohol motifs (C(OH)–C–C–N with tert-alkyl or cyclic N) is 1. The van der Waals surface area contributed by atoms with Gasteiger partial charge in [0, 0.05) is 51.4 Å². The van der Waals surface area contributed by atoms with E-state index in [0.717, 1.165) is 45.4 Å². The van der Waals surface area contributed by atoms with E-state index in [2.05, 4.69) is 15.1 Å². The molecule has 1 aliphatic carbocycles. The molecule has 3 fully saturated rings. The first-order chi connectivity index (χ1) is 9.31. The summed E-state index contributed by atoms with van der Waals surface area (Å²) < 4.78 is 5.32. The van der Waals surface area contributed by atoms with E-state index in [1.54, 1.807) is 0 Å². The highest BCUT2D eigenvalue weighted by atomic mass is 16.5. The van der Waals surface area contributed by atoms with Gasteiger partial charge < -0.3 is 15.2 Å². The molecule has 2 N–H and O–H groups in total. The van der Waals surface area contributed by atoms with Gasteiger partial charge in [-0.1, -0.05) is 0 Å². The second-order valence-electron chi connectivity index (χ2n) is 6.19. The van der Waals surface area contributed by atoms with Gasteiger partial charge in [0.2, 0.25) is 0 Å². The van der Waals surface area contributed by atoms with Crippen molar-refractivity contribution in [2.24, 2.45) is 0 Å². The Kier molecular flexibility index (Phi) is 4.71. The highest BCUT2D eigenvalue weighted by molar-refractivity contribution is 4.92. The molecule has 0 aromatic heterocycles. The molecule has 19 heavy (non-hydrogen) atoms. The Balaban J connectivity index is 1.30. The standard InChI is InChI=1S/C14H27N3O2/c18-14(11-16-5-7-19-8-6-16)9-15-12-3-4-17(10-12)13-1-2-13/h12-15,18H,1-11H2. The first-order valence-corrected chi connectivity index (χ1v) is 7.77. The van der Waals surface area contributed by atoms with Gasteiger partial charge in [-0.2, -0.15) is 0 Å². The van der Waals surface area contributed by atoms with E-state index in [0.29, 0.717) is 6.04 Å². The second-order valence-corrected chi connectivity index (χ2v) is 6.19. The van der Waals surface area contributed by atoms with E-state index in [4.69, 9.17) is 4.74 Å². The van der Waals surface area contributed by atoms with E-state index in [-0.39, 0.29) is 6.10 Å². The minimum absolute atomic E-state index is 0.256. The summed E-state index contributed by atoms with van der Waals surface area (Å²) in [4.78, 5) is 4.90. The molecule has 5 nitrogen and oxygen atoms in total. The molecular weight excluding hydrogens is 242 g/mol. The van der Waals surface area contributed by atoms with Gasteiger partial charge in [-0.3, -0.25) is 9.80 Å². The van der Waals surface area contributed by atoms with E-state index < -0.39 is 0 Å². The molecule has 110 valence electrons. The van der Waals surface area contributed by atoms with Crippen LogP contribution in [0.4, 0.5) is 0 Å². The SMILES string of the molecule is OC(CNC1CCN(C2CC2)C1)CN1CCOCC1. The molecule has 0 amide bonds. The number of nitrogens with one attached hydrogen (secondary N) is 1. The Hall–Kier alpha value is -0.200. The van der Waals surface area contributed by atoms with Crippen molar-refractivity contribution in [3.05, 3.63) is 0 Å². The lowest BCUT2D eigenvalue weighted by Crippen LogP contribution is -2.45. The fraction of sp³-hybridized carbons (Fsp3) is 1.00. The van der Waals surface area contributed by atoms with Gasteiger partial charge in [0.05, 0.1) is 19.3 Å². The summed E-state index contributed by atoms with van der Waals surface area (Å²) in [7, 11) is 0. The predicted octanol–water partition coefficient (Wildman–Crippen LogP) is -0.494. The van der Waals surface area contributed by atoms with Gasteiger partial charge in [-0.05, 0) is 19.3 Å². The smallest absolute Gasteiger partial charge is 0.0791 e. The molecule has 1 saturated carbocycles. The molecule has 0 radical (unpaired) electrons. The quantitative estimate of drug-likeness (QED) is 0.681. The first kappa shape index (κ1) is 13.8. The monoisotopic (exact) mass is 269 g/mol. The lowest BCUT2D eigenvalue weighted by molar-refractivity contribution is 0.0145. The van der Waals surface area contributed by atoms with Gasteiger partial charge in [0.1, 0.15) is 0 Å². The molecular formula is C14H27N3O2. The molecule has 2 saturated heterocycles. The van der Waals surface area contributed by atoms with Crippen LogP contribution in [0.5, 0.6) is 0 Å². The maximum Gasteiger partial charge on any atom is 0.0791 e. The minimum atomic E-state index is -0.256. The molecule has 3 rings (SSSR count). The molecule has 0 aromatic rings. The molecule has 2 atom stereocenters. The van der Waals surface area contributed by atoms with Crippen LogP contribution in [0.1, 0.15) is 19.3 Å². The normalized spacial score (nSPS) is 31.7. The molecule has 0 spiro atoms. The lowest BCUT2D eigenvalue weighted by Gasteiger charge is -2.29. The maximum atomic E-state index is 10.1. The van der Waals surface area contributed by atoms with Gasteiger partial charge in [0.25, 0.3) is 0 Å². The summed E-state index contributed by atoms with van der Waals surface area (Å²) in [6.07, 6.45) is 3.77. The average Bonchev–Trinajstić information content (AvgIpc) is 3.17. The number of rotatable bonds is 6. The van der Waals surface area contributed by atoms with E-state index in [9.17, 15) is 5.11 Å². The van der Waals surface area contributed by atoms with Gasteiger partial charge in [-0.15, -0.1) is 0 Å². The zero-order valence-electron chi connectivity index (χ0n) is 11.8. The number of likely N-dealkylation sites (tertiary alicyclic amines) is 1. The van der Waals surface area contributed by atoms with Crippen LogP contribution in [0, 0.1) is 0 Å². The van der Waals surface area contributed by atoms with Gasteiger partial charge >= 0.3 is 0 Å². The third-order valence-corrected chi connectivity index (χ3v) is 4.50. The van der Waals surface area contributed by atoms with Gasteiger partial charge in [-0.25, -0.2) is 0 Å². The summed E-state index contributed by atoms with van der Waals surface area (Å²) in [5, 5.41) is 13.6. The van der Waals surface area contributed by atoms with Crippen molar-refractivity contribution in [2.75, 3.05) is 52.5 Å². The fourth-order valence-electron chi connectivity index (χ4n) is 3.17. The molecule has 2 unspecified atom stereocenters. The summed E-state index contributed by atoms with van der Waals surface area (Å²) in [6, 6.07) is 1.46. The second kappa shape index (κ2) is 6.50. The third kappa shape index (κ3) is 4.13. The van der Waals surface area contributed by atoms with E-state index in [1.165, 1.54) is 32.4 Å². The number of hydrogen-bond acceptors (Lipinski definition) is 5. The summed E-state index contributed by atoms with van der Waals surface area (Å²) in [6.45, 7) is 7.43. The van der Waals surface area contributed by atoms with Crippen molar-refractivity contribution in [3.63, 3.8) is 0 Å². The van der Waals surface area contributed by atoms with E-state index >= 15 is 0 Å². The zero-order chi connectivity index (χ0) is 13.1. The average molecular weight is 269 g/mol. The number of hydrogen-bond donors (Lipinski definition) is 2. The fourth-order valence-corrected chi connectivity index (χ4v) is 3.17. The van der Waals surface area contributed by atoms with E-state index in [1.807, 2.05) is 0 Å². The zero-order valence-corrected chi connectivity index (χ0v) is 11.8. The number of nitrogens with zero attached hydrogens (tertiary/aromatic N) is 2. The van der Waals surface area contributed by atoms with Crippen molar-refractivity contribution < 1.29 is 9.84 Å². The van der Waals surface area contributed by atoms with Gasteiger partial charge in [0.15, 0.2) is 0 Å². The highest BCUT2D eigenvalue weighted by Crippen LogP contribution is 2.29. The molecule has 2 aliphatic heterocycles. The molecule has 3 aliphatic rings. The third-order valence-electron chi connectivity index (χ3n) is 4.50. The summed E-state index contributed by atoms with van der Waals surface area (Å²) in [5.41, 5.74) is 0. The van der Waals surface area contributed by atoms with Crippen LogP contribution in [-0.4, -0.2) is 85.6 Å². The van der Waals surface area contributed by atoms with Crippen molar-refractivity contribution >= 4 is 0 Å². The Bertz CT molecular complexity index is 280. The van der Waals surface area contributed by atoms with Crippen LogP contribution in [0.2, 0.25) is 0 Å². The molecule has 5 heteroatoms. The minimum Gasteiger partial charge on any atom is -0.390 e. The van der Waals surface area contributed by atoms with Crippen molar-refractivity contribution in [2.45, 2.75) is 37.5 Å². The van der Waals surface area contributed by atoms with Crippen molar-refractivity contribution in [1.29, 1.82) is 0 Å². The summed E-state index contributed by atoms with van der Waals surface area (Å²) in [5.74, 6) is 0. The largest absolute Gasteiger partial charge is 0.390 e. The lowest BCUT2D eigenvalue weighted by atomic mass is 10.2. The Morgan fingerprint density at radius 1 is 1.16 bits per heavy atom. The number of aliphatic hydroxyl groups excluding tert-OH is 1. The Morgan fingerprint density at radius 3 is 2.68 bits per heavy atom. The van der Waals surface area contributed by atoms with Crippen molar-refractivity contribution in [1.82, 2.24) is 15.1 Å². The number of ether oxygens (including phenoxy) is 1. The van der Waals surface area contributed by atoms with Crippen LogP contribution in [-0.2, 0) is 4.74 Å². The van der Waals surface area contributed by atoms with Crippen LogP contribution < -0.4 is 5.32 Å². The van der Waals surface area contributed by atoms with Crippen molar-refractivity contribution in [3.8, 4) is 0 Å². The van der Waals surface area contributed by atoms with Crippen LogP contribution >= 0.6 is 0 Å². The highest BCUT2D eigenvalue weighted by Gasteiger charge is 2.34. The van der Waals surface area contributed by atoms with Crippen LogP contribution in [0.3, 0.4) is 0 Å².